The minimum atomic E-state index is -0.160. The standard InChI is InChI=1S/C15H18N2O2/c1-14-10-17(15(14)9-16-7-12(14)15)13(18)19-8-11-5-3-2-4-6-11/h2-6,12,16H,7-10H2,1H3/t12?,14-,15-/m1/s1. The fourth-order valence-electron chi connectivity index (χ4n) is 4.21. The molecule has 0 aromatic heterocycles. The van der Waals surface area contributed by atoms with Gasteiger partial charge in [-0.15, -0.1) is 0 Å². The van der Waals surface area contributed by atoms with Crippen LogP contribution in [-0.4, -0.2) is 36.2 Å². The highest BCUT2D eigenvalue weighted by Gasteiger charge is 2.86. The molecule has 1 unspecified atom stereocenters. The molecule has 2 aliphatic heterocycles. The second-order valence-corrected chi connectivity index (χ2v) is 6.15. The van der Waals surface area contributed by atoms with Gasteiger partial charge in [0.05, 0.1) is 5.54 Å². The molecule has 1 spiro atoms. The highest BCUT2D eigenvalue weighted by atomic mass is 16.6. The molecular weight excluding hydrogens is 240 g/mol. The molecule has 19 heavy (non-hydrogen) atoms. The van der Waals surface area contributed by atoms with Crippen molar-refractivity contribution in [3.05, 3.63) is 35.9 Å². The van der Waals surface area contributed by atoms with Crippen molar-refractivity contribution in [3.63, 3.8) is 0 Å². The largest absolute Gasteiger partial charge is 0.445 e. The summed E-state index contributed by atoms with van der Waals surface area (Å²) >= 11 is 0. The van der Waals surface area contributed by atoms with Gasteiger partial charge in [-0.2, -0.15) is 0 Å². The molecular formula is C15H18N2O2. The van der Waals surface area contributed by atoms with E-state index in [9.17, 15) is 4.79 Å². The predicted octanol–water partition coefficient (Wildman–Crippen LogP) is 1.62. The SMILES string of the molecule is C[C@]12CN(C(=O)OCc3ccccc3)[C@@]13CNCC32. The molecule has 100 valence electrons. The van der Waals surface area contributed by atoms with Gasteiger partial charge in [0.1, 0.15) is 6.61 Å². The number of nitrogens with zero attached hydrogens (tertiary/aromatic N) is 1. The van der Waals surface area contributed by atoms with Gasteiger partial charge < -0.3 is 10.1 Å². The molecule has 4 rings (SSSR count). The van der Waals surface area contributed by atoms with Crippen molar-refractivity contribution in [2.75, 3.05) is 19.6 Å². The third kappa shape index (κ3) is 1.25. The van der Waals surface area contributed by atoms with Gasteiger partial charge in [0.25, 0.3) is 0 Å². The molecule has 3 fully saturated rings. The Labute approximate surface area is 112 Å². The number of ether oxygens (including phenoxy) is 1. The number of rotatable bonds is 2. The summed E-state index contributed by atoms with van der Waals surface area (Å²) in [6.07, 6.45) is -0.160. The second-order valence-electron chi connectivity index (χ2n) is 6.15. The lowest BCUT2D eigenvalue weighted by Crippen LogP contribution is -2.61. The first-order valence-electron chi connectivity index (χ1n) is 6.87. The Hall–Kier alpha value is -1.55. The minimum Gasteiger partial charge on any atom is -0.445 e. The number of piperidine rings is 1. The van der Waals surface area contributed by atoms with Crippen molar-refractivity contribution in [1.82, 2.24) is 10.2 Å². The molecule has 1 N–H and O–H groups in total. The van der Waals surface area contributed by atoms with Gasteiger partial charge in [-0.3, -0.25) is 4.90 Å². The van der Waals surface area contributed by atoms with Gasteiger partial charge in [-0.25, -0.2) is 4.79 Å². The number of likely N-dealkylation sites (tertiary alicyclic amines) is 1. The topological polar surface area (TPSA) is 41.6 Å². The summed E-state index contributed by atoms with van der Waals surface area (Å²) in [5, 5.41) is 3.38. The molecule has 3 atom stereocenters. The summed E-state index contributed by atoms with van der Waals surface area (Å²) in [4.78, 5) is 14.1. The van der Waals surface area contributed by atoms with E-state index in [2.05, 4.69) is 12.2 Å². The lowest BCUT2D eigenvalue weighted by molar-refractivity contribution is 0.0107. The quantitative estimate of drug-likeness (QED) is 0.876. The maximum absolute atomic E-state index is 12.2. The Bertz CT molecular complexity index is 532. The van der Waals surface area contributed by atoms with E-state index in [1.807, 2.05) is 35.2 Å². The van der Waals surface area contributed by atoms with Crippen LogP contribution in [0, 0.1) is 11.3 Å². The maximum Gasteiger partial charge on any atom is 0.410 e. The van der Waals surface area contributed by atoms with E-state index in [1.165, 1.54) is 0 Å². The average molecular weight is 258 g/mol. The van der Waals surface area contributed by atoms with Crippen LogP contribution in [0.2, 0.25) is 0 Å². The monoisotopic (exact) mass is 258 g/mol. The predicted molar refractivity (Wildman–Crippen MR) is 70.5 cm³/mol. The van der Waals surface area contributed by atoms with Gasteiger partial charge in [-0.05, 0) is 5.56 Å². The summed E-state index contributed by atoms with van der Waals surface area (Å²) in [7, 11) is 0. The van der Waals surface area contributed by atoms with Crippen LogP contribution >= 0.6 is 0 Å². The first-order valence-corrected chi connectivity index (χ1v) is 6.87. The number of carbonyl (C=O) groups excluding carboxylic acids is 1. The zero-order valence-electron chi connectivity index (χ0n) is 11.1. The molecule has 2 saturated heterocycles. The Kier molecular flexibility index (Phi) is 2.09. The molecule has 1 saturated carbocycles. The average Bonchev–Trinajstić information content (AvgIpc) is 2.81. The summed E-state index contributed by atoms with van der Waals surface area (Å²) in [6, 6.07) is 9.83. The number of benzene rings is 1. The maximum atomic E-state index is 12.2. The summed E-state index contributed by atoms with van der Waals surface area (Å²) < 4.78 is 5.44. The molecule has 1 aromatic rings. The Balaban J connectivity index is 1.41. The van der Waals surface area contributed by atoms with Crippen LogP contribution in [0.25, 0.3) is 0 Å². The normalized spacial score (nSPS) is 38.2. The zero-order valence-corrected chi connectivity index (χ0v) is 11.1. The van der Waals surface area contributed by atoms with Crippen molar-refractivity contribution in [1.29, 1.82) is 0 Å². The molecule has 4 heteroatoms. The summed E-state index contributed by atoms with van der Waals surface area (Å²) in [5.74, 6) is 0.629. The molecule has 0 bridgehead atoms. The van der Waals surface area contributed by atoms with Crippen LogP contribution in [0.3, 0.4) is 0 Å². The Morgan fingerprint density at radius 3 is 2.95 bits per heavy atom. The third-order valence-electron chi connectivity index (χ3n) is 5.39. The Morgan fingerprint density at radius 1 is 1.47 bits per heavy atom. The second kappa shape index (κ2) is 3.51. The van der Waals surface area contributed by atoms with Crippen LogP contribution in [0.5, 0.6) is 0 Å². The fraction of sp³-hybridized carbons (Fsp3) is 0.533. The number of hydrogen-bond acceptors (Lipinski definition) is 3. The number of nitrogens with one attached hydrogen (secondary N) is 1. The van der Waals surface area contributed by atoms with E-state index in [1.54, 1.807) is 0 Å². The van der Waals surface area contributed by atoms with Crippen LogP contribution < -0.4 is 5.32 Å². The van der Waals surface area contributed by atoms with Crippen molar-refractivity contribution in [3.8, 4) is 0 Å². The number of carbonyl (C=O) groups is 1. The molecule has 1 aromatic carbocycles. The number of fused-ring (bicyclic) bond motifs is 1. The first kappa shape index (κ1) is 11.3. The fourth-order valence-corrected chi connectivity index (χ4v) is 4.21. The van der Waals surface area contributed by atoms with Gasteiger partial charge in [0.2, 0.25) is 0 Å². The van der Waals surface area contributed by atoms with Crippen LogP contribution in [0.15, 0.2) is 30.3 Å². The van der Waals surface area contributed by atoms with E-state index < -0.39 is 0 Å². The van der Waals surface area contributed by atoms with E-state index in [4.69, 9.17) is 4.74 Å². The van der Waals surface area contributed by atoms with Crippen LogP contribution in [0.4, 0.5) is 4.79 Å². The van der Waals surface area contributed by atoms with E-state index >= 15 is 0 Å². The first-order chi connectivity index (χ1) is 9.18. The highest BCUT2D eigenvalue weighted by Crippen LogP contribution is 2.74. The minimum absolute atomic E-state index is 0.0702. The molecule has 4 nitrogen and oxygen atoms in total. The number of hydrogen-bond donors (Lipinski definition) is 1. The van der Waals surface area contributed by atoms with Crippen molar-refractivity contribution >= 4 is 6.09 Å². The molecule has 1 amide bonds. The van der Waals surface area contributed by atoms with Crippen LogP contribution in [-0.2, 0) is 11.3 Å². The van der Waals surface area contributed by atoms with E-state index in [0.29, 0.717) is 17.9 Å². The lowest BCUT2D eigenvalue weighted by atomic mass is 9.90. The van der Waals surface area contributed by atoms with Crippen molar-refractivity contribution in [2.24, 2.45) is 11.3 Å². The highest BCUT2D eigenvalue weighted by molar-refractivity contribution is 5.74. The van der Waals surface area contributed by atoms with Gasteiger partial charge in [0.15, 0.2) is 0 Å². The van der Waals surface area contributed by atoms with E-state index in [-0.39, 0.29) is 11.6 Å². The van der Waals surface area contributed by atoms with Crippen molar-refractivity contribution < 1.29 is 9.53 Å². The van der Waals surface area contributed by atoms with Crippen molar-refractivity contribution in [2.45, 2.75) is 19.1 Å². The molecule has 0 radical (unpaired) electrons. The Morgan fingerprint density at radius 2 is 2.26 bits per heavy atom. The third-order valence-corrected chi connectivity index (χ3v) is 5.39. The summed E-state index contributed by atoms with van der Waals surface area (Å²) in [5.41, 5.74) is 1.46. The van der Waals surface area contributed by atoms with Gasteiger partial charge in [0, 0.05) is 31.0 Å². The zero-order chi connectivity index (χ0) is 13.1. The smallest absolute Gasteiger partial charge is 0.410 e. The van der Waals surface area contributed by atoms with Gasteiger partial charge >= 0.3 is 6.09 Å². The van der Waals surface area contributed by atoms with E-state index in [0.717, 1.165) is 25.2 Å². The lowest BCUT2D eigenvalue weighted by Gasteiger charge is -2.44. The molecule has 1 aliphatic carbocycles. The van der Waals surface area contributed by atoms with Crippen LogP contribution in [0.1, 0.15) is 12.5 Å². The molecule has 3 aliphatic rings. The summed E-state index contributed by atoms with van der Waals surface area (Å²) in [6.45, 7) is 5.47. The number of amides is 1. The van der Waals surface area contributed by atoms with Gasteiger partial charge in [-0.1, -0.05) is 37.3 Å². The molecule has 2 heterocycles.